The lowest BCUT2D eigenvalue weighted by atomic mass is 10.3. The molecule has 0 radical (unpaired) electrons. The van der Waals surface area contributed by atoms with Gasteiger partial charge in [-0.25, -0.2) is 23.5 Å². The fourth-order valence-electron chi connectivity index (χ4n) is 1.27. The zero-order chi connectivity index (χ0) is 12.9. The van der Waals surface area contributed by atoms with Gasteiger partial charge in [-0.1, -0.05) is 6.92 Å². The number of aromatic nitrogens is 2. The average Bonchev–Trinajstić information content (AvgIpc) is 2.15. The molecular weight excluding hydrogens is 242 g/mol. The monoisotopic (exact) mass is 259 g/mol. The number of nitrogens with one attached hydrogen (secondary N) is 1. The zero-order valence-electron chi connectivity index (χ0n) is 9.68. The van der Waals surface area contributed by atoms with E-state index in [0.717, 1.165) is 12.8 Å². The third-order valence-electron chi connectivity index (χ3n) is 1.96. The van der Waals surface area contributed by atoms with Crippen LogP contribution < -0.4 is 16.2 Å². The fraction of sp³-hybridized carbons (Fsp3) is 0.556. The van der Waals surface area contributed by atoms with Crippen molar-refractivity contribution in [3.63, 3.8) is 0 Å². The van der Waals surface area contributed by atoms with Crippen LogP contribution in [0.4, 0.5) is 11.6 Å². The standard InChI is InChI=1S/C9H17N5O2S/c1-2-3-8-13-7(10)6-9(14-8)12-4-5-17(11,15)16/h6H,2-5H2,1H3,(H2,11,15,16)(H3,10,12,13,14). The van der Waals surface area contributed by atoms with E-state index in [1.165, 1.54) is 0 Å². The van der Waals surface area contributed by atoms with Gasteiger partial charge in [0.05, 0.1) is 5.75 Å². The molecule has 1 rings (SSSR count). The number of rotatable bonds is 6. The molecule has 0 aliphatic rings. The molecule has 0 amide bonds. The average molecular weight is 259 g/mol. The minimum atomic E-state index is -3.46. The normalized spacial score (nSPS) is 11.4. The van der Waals surface area contributed by atoms with Crippen LogP contribution in [0.5, 0.6) is 0 Å². The van der Waals surface area contributed by atoms with E-state index in [-0.39, 0.29) is 12.3 Å². The number of nitrogen functional groups attached to an aromatic ring is 1. The summed E-state index contributed by atoms with van der Waals surface area (Å²) in [6, 6.07) is 1.56. The molecule has 0 bridgehead atoms. The second-order valence-electron chi connectivity index (χ2n) is 3.64. The highest BCUT2D eigenvalue weighted by atomic mass is 32.2. The van der Waals surface area contributed by atoms with Crippen molar-refractivity contribution in [1.82, 2.24) is 9.97 Å². The van der Waals surface area contributed by atoms with Crippen molar-refractivity contribution in [3.05, 3.63) is 11.9 Å². The van der Waals surface area contributed by atoms with Crippen molar-refractivity contribution < 1.29 is 8.42 Å². The predicted molar refractivity (Wildman–Crippen MR) is 66.9 cm³/mol. The van der Waals surface area contributed by atoms with Crippen LogP contribution in [0.1, 0.15) is 19.2 Å². The third-order valence-corrected chi connectivity index (χ3v) is 2.73. The van der Waals surface area contributed by atoms with E-state index >= 15 is 0 Å². The summed E-state index contributed by atoms with van der Waals surface area (Å²) in [5.41, 5.74) is 5.61. The van der Waals surface area contributed by atoms with E-state index in [1.807, 2.05) is 6.92 Å². The molecule has 0 atom stereocenters. The topological polar surface area (TPSA) is 124 Å². The summed E-state index contributed by atoms with van der Waals surface area (Å²) in [6.45, 7) is 2.21. The minimum absolute atomic E-state index is 0.153. The van der Waals surface area contributed by atoms with Crippen molar-refractivity contribution in [3.8, 4) is 0 Å². The van der Waals surface area contributed by atoms with Gasteiger partial charge in [-0.2, -0.15) is 0 Å². The van der Waals surface area contributed by atoms with Gasteiger partial charge in [0.15, 0.2) is 0 Å². The minimum Gasteiger partial charge on any atom is -0.384 e. The number of nitrogens with two attached hydrogens (primary N) is 2. The van der Waals surface area contributed by atoms with Crippen LogP contribution in [0.15, 0.2) is 6.07 Å². The Kier molecular flexibility index (Phi) is 4.64. The Hall–Kier alpha value is -1.41. The van der Waals surface area contributed by atoms with E-state index in [2.05, 4.69) is 15.3 Å². The molecule has 1 heterocycles. The van der Waals surface area contributed by atoms with Crippen LogP contribution in [-0.4, -0.2) is 30.7 Å². The summed E-state index contributed by atoms with van der Waals surface area (Å²) < 4.78 is 21.5. The third kappa shape index (κ3) is 5.45. The largest absolute Gasteiger partial charge is 0.384 e. The number of nitrogens with zero attached hydrogens (tertiary/aromatic N) is 2. The molecule has 7 nitrogen and oxygen atoms in total. The lowest BCUT2D eigenvalue weighted by Crippen LogP contribution is -2.22. The number of hydrogen-bond donors (Lipinski definition) is 3. The number of aryl methyl sites for hydroxylation is 1. The van der Waals surface area contributed by atoms with Crippen LogP contribution in [0.2, 0.25) is 0 Å². The van der Waals surface area contributed by atoms with Gasteiger partial charge in [0.1, 0.15) is 17.5 Å². The van der Waals surface area contributed by atoms with E-state index < -0.39 is 10.0 Å². The number of primary sulfonamides is 1. The smallest absolute Gasteiger partial charge is 0.210 e. The molecule has 8 heteroatoms. The van der Waals surface area contributed by atoms with Gasteiger partial charge in [-0.05, 0) is 6.42 Å². The van der Waals surface area contributed by atoms with E-state index in [9.17, 15) is 8.42 Å². The maximum Gasteiger partial charge on any atom is 0.210 e. The molecule has 0 aliphatic heterocycles. The van der Waals surface area contributed by atoms with Crippen molar-refractivity contribution >= 4 is 21.7 Å². The van der Waals surface area contributed by atoms with Crippen LogP contribution in [0.25, 0.3) is 0 Å². The van der Waals surface area contributed by atoms with Crippen LogP contribution in [0.3, 0.4) is 0 Å². The Morgan fingerprint density at radius 1 is 1.41 bits per heavy atom. The second-order valence-corrected chi connectivity index (χ2v) is 5.37. The molecule has 1 aromatic heterocycles. The Balaban J connectivity index is 2.64. The summed E-state index contributed by atoms with van der Waals surface area (Å²) in [5, 5.41) is 7.73. The lowest BCUT2D eigenvalue weighted by molar-refractivity contribution is 0.598. The summed E-state index contributed by atoms with van der Waals surface area (Å²) in [7, 11) is -3.46. The number of sulfonamides is 1. The lowest BCUT2D eigenvalue weighted by Gasteiger charge is -2.07. The van der Waals surface area contributed by atoms with Crippen molar-refractivity contribution in [2.24, 2.45) is 5.14 Å². The van der Waals surface area contributed by atoms with Gasteiger partial charge in [0, 0.05) is 19.0 Å². The maximum atomic E-state index is 10.7. The Morgan fingerprint density at radius 3 is 2.71 bits per heavy atom. The molecule has 5 N–H and O–H groups in total. The molecule has 0 saturated carbocycles. The SMILES string of the molecule is CCCc1nc(N)cc(NCCS(N)(=O)=O)n1. The van der Waals surface area contributed by atoms with E-state index in [1.54, 1.807) is 6.07 Å². The molecule has 0 unspecified atom stereocenters. The van der Waals surface area contributed by atoms with Gasteiger partial charge in [0.2, 0.25) is 10.0 Å². The molecular formula is C9H17N5O2S. The van der Waals surface area contributed by atoms with Crippen LogP contribution in [0, 0.1) is 0 Å². The molecule has 17 heavy (non-hydrogen) atoms. The summed E-state index contributed by atoms with van der Waals surface area (Å²) in [5.74, 6) is 1.37. The van der Waals surface area contributed by atoms with Gasteiger partial charge < -0.3 is 11.1 Å². The first-order valence-electron chi connectivity index (χ1n) is 5.28. The van der Waals surface area contributed by atoms with E-state index in [0.29, 0.717) is 17.5 Å². The number of anilines is 2. The molecule has 0 spiro atoms. The quantitative estimate of drug-likeness (QED) is 0.645. The van der Waals surface area contributed by atoms with E-state index in [4.69, 9.17) is 10.9 Å². The number of hydrogen-bond acceptors (Lipinski definition) is 6. The molecule has 1 aromatic rings. The zero-order valence-corrected chi connectivity index (χ0v) is 10.5. The molecule has 0 aliphatic carbocycles. The maximum absolute atomic E-state index is 10.7. The molecule has 96 valence electrons. The Labute approximate surface area is 101 Å². The van der Waals surface area contributed by atoms with Crippen molar-refractivity contribution in [2.75, 3.05) is 23.3 Å². The highest BCUT2D eigenvalue weighted by Crippen LogP contribution is 2.09. The van der Waals surface area contributed by atoms with Crippen LogP contribution in [-0.2, 0) is 16.4 Å². The summed E-state index contributed by atoms with van der Waals surface area (Å²) in [4.78, 5) is 8.27. The van der Waals surface area contributed by atoms with Gasteiger partial charge >= 0.3 is 0 Å². The first-order chi connectivity index (χ1) is 7.90. The molecule has 0 saturated heterocycles. The molecule has 0 aromatic carbocycles. The van der Waals surface area contributed by atoms with Gasteiger partial charge in [0.25, 0.3) is 0 Å². The first-order valence-corrected chi connectivity index (χ1v) is 7.00. The predicted octanol–water partition coefficient (Wildman–Crippen LogP) is -0.288. The Morgan fingerprint density at radius 2 is 2.12 bits per heavy atom. The van der Waals surface area contributed by atoms with Gasteiger partial charge in [-0.15, -0.1) is 0 Å². The highest BCUT2D eigenvalue weighted by molar-refractivity contribution is 7.89. The fourth-order valence-corrected chi connectivity index (χ4v) is 1.65. The van der Waals surface area contributed by atoms with Crippen molar-refractivity contribution in [2.45, 2.75) is 19.8 Å². The molecule has 0 fully saturated rings. The van der Waals surface area contributed by atoms with Gasteiger partial charge in [-0.3, -0.25) is 0 Å². The highest BCUT2D eigenvalue weighted by Gasteiger charge is 2.04. The second kappa shape index (κ2) is 5.78. The van der Waals surface area contributed by atoms with Crippen LogP contribution >= 0.6 is 0 Å². The Bertz CT molecular complexity index is 474. The van der Waals surface area contributed by atoms with Crippen molar-refractivity contribution in [1.29, 1.82) is 0 Å². The summed E-state index contributed by atoms with van der Waals surface area (Å²) >= 11 is 0. The summed E-state index contributed by atoms with van der Waals surface area (Å²) in [6.07, 6.45) is 1.65. The first kappa shape index (κ1) is 13.7.